The molecule has 6 heteroatoms. The highest BCUT2D eigenvalue weighted by Crippen LogP contribution is 2.20. The Kier molecular flexibility index (Phi) is 6.53. The van der Waals surface area contributed by atoms with Crippen molar-refractivity contribution < 1.29 is 14.6 Å². The molecule has 1 unspecified atom stereocenters. The van der Waals surface area contributed by atoms with Gasteiger partial charge in [0.05, 0.1) is 18.7 Å². The van der Waals surface area contributed by atoms with E-state index in [0.29, 0.717) is 17.9 Å². The van der Waals surface area contributed by atoms with E-state index in [1.807, 2.05) is 12.1 Å². The van der Waals surface area contributed by atoms with Gasteiger partial charge in [-0.1, -0.05) is 0 Å². The highest BCUT2D eigenvalue weighted by Gasteiger charge is 2.19. The lowest BCUT2D eigenvalue weighted by Gasteiger charge is -2.36. The molecule has 2 aromatic carbocycles. The third-order valence-electron chi connectivity index (χ3n) is 4.70. The van der Waals surface area contributed by atoms with Crippen LogP contribution in [0.3, 0.4) is 0 Å². The highest BCUT2D eigenvalue weighted by molar-refractivity contribution is 5.49. The summed E-state index contributed by atoms with van der Waals surface area (Å²) in [7, 11) is 1.67. The number of methoxy groups -OCH3 is 1. The Balaban J connectivity index is 1.40. The normalized spacial score (nSPS) is 15.8. The van der Waals surface area contributed by atoms with E-state index in [2.05, 4.69) is 28.0 Å². The number of aliphatic hydroxyl groups excluding tert-OH is 1. The number of hydrogen-bond donors (Lipinski definition) is 1. The Morgan fingerprint density at radius 1 is 1.00 bits per heavy atom. The number of anilines is 1. The maximum absolute atomic E-state index is 10.3. The summed E-state index contributed by atoms with van der Waals surface area (Å²) < 4.78 is 10.8. The fourth-order valence-electron chi connectivity index (χ4n) is 3.15. The molecule has 142 valence electrons. The molecule has 1 saturated heterocycles. The third kappa shape index (κ3) is 5.36. The quantitative estimate of drug-likeness (QED) is 0.809. The van der Waals surface area contributed by atoms with E-state index in [-0.39, 0.29) is 6.61 Å². The molecule has 2 aromatic rings. The topological polar surface area (TPSA) is 69.0 Å². The number of nitrogens with zero attached hydrogens (tertiary/aromatic N) is 3. The van der Waals surface area contributed by atoms with Crippen molar-refractivity contribution in [1.29, 1.82) is 5.26 Å². The van der Waals surface area contributed by atoms with Gasteiger partial charge in [-0.2, -0.15) is 5.26 Å². The molecule has 1 fully saturated rings. The van der Waals surface area contributed by atoms with Crippen LogP contribution in [0.5, 0.6) is 11.5 Å². The summed E-state index contributed by atoms with van der Waals surface area (Å²) in [6.07, 6.45) is -0.548. The minimum absolute atomic E-state index is 0.241. The van der Waals surface area contributed by atoms with Crippen molar-refractivity contribution in [2.24, 2.45) is 0 Å². The van der Waals surface area contributed by atoms with E-state index in [4.69, 9.17) is 14.7 Å². The second-order valence-corrected chi connectivity index (χ2v) is 6.59. The van der Waals surface area contributed by atoms with Crippen LogP contribution in [0, 0.1) is 11.3 Å². The molecular weight excluding hydrogens is 342 g/mol. The molecule has 1 aliphatic heterocycles. The minimum Gasteiger partial charge on any atom is -0.497 e. The van der Waals surface area contributed by atoms with Crippen molar-refractivity contribution in [3.05, 3.63) is 54.1 Å². The molecule has 0 saturated carbocycles. The summed E-state index contributed by atoms with van der Waals surface area (Å²) in [5, 5.41) is 19.1. The minimum atomic E-state index is -0.548. The van der Waals surface area contributed by atoms with Gasteiger partial charge in [-0.25, -0.2) is 0 Å². The zero-order valence-corrected chi connectivity index (χ0v) is 15.5. The van der Waals surface area contributed by atoms with Crippen LogP contribution >= 0.6 is 0 Å². The number of aliphatic hydroxyl groups is 1. The lowest BCUT2D eigenvalue weighted by Crippen LogP contribution is -2.49. The van der Waals surface area contributed by atoms with E-state index in [1.54, 1.807) is 31.4 Å². The van der Waals surface area contributed by atoms with Crippen LogP contribution in [0.1, 0.15) is 5.56 Å². The molecular formula is C21H25N3O3. The molecule has 6 nitrogen and oxygen atoms in total. The van der Waals surface area contributed by atoms with Gasteiger partial charge in [-0.05, 0) is 48.5 Å². The van der Waals surface area contributed by atoms with E-state index >= 15 is 0 Å². The Morgan fingerprint density at radius 2 is 1.63 bits per heavy atom. The summed E-state index contributed by atoms with van der Waals surface area (Å²) in [6, 6.07) is 17.1. The third-order valence-corrected chi connectivity index (χ3v) is 4.70. The van der Waals surface area contributed by atoms with E-state index in [9.17, 15) is 5.11 Å². The molecule has 27 heavy (non-hydrogen) atoms. The second kappa shape index (κ2) is 9.26. The average molecular weight is 367 g/mol. The van der Waals surface area contributed by atoms with Gasteiger partial charge in [0, 0.05) is 38.4 Å². The van der Waals surface area contributed by atoms with Gasteiger partial charge < -0.3 is 19.5 Å². The van der Waals surface area contributed by atoms with Crippen LogP contribution in [-0.2, 0) is 0 Å². The molecule has 1 atom stereocenters. The van der Waals surface area contributed by atoms with Crippen molar-refractivity contribution in [2.45, 2.75) is 6.10 Å². The Morgan fingerprint density at radius 3 is 2.22 bits per heavy atom. The van der Waals surface area contributed by atoms with E-state index in [0.717, 1.165) is 31.9 Å². The van der Waals surface area contributed by atoms with Crippen LogP contribution in [0.4, 0.5) is 5.69 Å². The van der Waals surface area contributed by atoms with Crippen molar-refractivity contribution in [3.63, 3.8) is 0 Å². The first-order valence-electron chi connectivity index (χ1n) is 9.10. The van der Waals surface area contributed by atoms with Crippen molar-refractivity contribution in [1.82, 2.24) is 4.90 Å². The lowest BCUT2D eigenvalue weighted by atomic mass is 10.2. The zero-order chi connectivity index (χ0) is 19.1. The zero-order valence-electron chi connectivity index (χ0n) is 15.5. The molecule has 1 aliphatic rings. The van der Waals surface area contributed by atoms with Gasteiger partial charge in [0.1, 0.15) is 24.2 Å². The number of hydrogen-bond acceptors (Lipinski definition) is 6. The smallest absolute Gasteiger partial charge is 0.119 e. The number of benzene rings is 2. The van der Waals surface area contributed by atoms with Gasteiger partial charge >= 0.3 is 0 Å². The van der Waals surface area contributed by atoms with Crippen molar-refractivity contribution in [2.75, 3.05) is 51.3 Å². The summed E-state index contributed by atoms with van der Waals surface area (Å²) in [4.78, 5) is 4.60. The molecule has 0 aliphatic carbocycles. The van der Waals surface area contributed by atoms with Gasteiger partial charge in [0.25, 0.3) is 0 Å². The summed E-state index contributed by atoms with van der Waals surface area (Å²) in [6.45, 7) is 4.49. The number of rotatable bonds is 7. The Bertz CT molecular complexity index is 748. The summed E-state index contributed by atoms with van der Waals surface area (Å²) in [5.74, 6) is 1.53. The molecule has 0 aromatic heterocycles. The van der Waals surface area contributed by atoms with E-state index in [1.165, 1.54) is 5.69 Å². The fraction of sp³-hybridized carbons (Fsp3) is 0.381. The maximum atomic E-state index is 10.3. The van der Waals surface area contributed by atoms with Gasteiger partial charge in [0.15, 0.2) is 0 Å². The fourth-order valence-corrected chi connectivity index (χ4v) is 3.15. The van der Waals surface area contributed by atoms with Crippen LogP contribution in [0.15, 0.2) is 48.5 Å². The number of β-amino-alcohol motifs (C(OH)–C–C–N with tert-alkyl or cyclic N) is 1. The monoisotopic (exact) mass is 367 g/mol. The van der Waals surface area contributed by atoms with Crippen LogP contribution in [0.25, 0.3) is 0 Å². The molecule has 0 bridgehead atoms. The lowest BCUT2D eigenvalue weighted by molar-refractivity contribution is 0.0663. The van der Waals surface area contributed by atoms with E-state index < -0.39 is 6.10 Å². The molecule has 0 spiro atoms. The second-order valence-electron chi connectivity index (χ2n) is 6.59. The molecule has 0 radical (unpaired) electrons. The molecule has 0 amide bonds. The molecule has 1 N–H and O–H groups in total. The first kappa shape index (κ1) is 19.0. The first-order valence-corrected chi connectivity index (χ1v) is 9.10. The van der Waals surface area contributed by atoms with Crippen LogP contribution < -0.4 is 14.4 Å². The maximum Gasteiger partial charge on any atom is 0.119 e. The summed E-state index contributed by atoms with van der Waals surface area (Å²) >= 11 is 0. The summed E-state index contributed by atoms with van der Waals surface area (Å²) in [5.41, 5.74) is 1.79. The van der Waals surface area contributed by atoms with Gasteiger partial charge in [-0.15, -0.1) is 0 Å². The Hall–Kier alpha value is -2.75. The molecule has 1 heterocycles. The standard InChI is InChI=1S/C21H25N3O3/c1-26-20-8-4-18(5-9-20)24-12-10-23(11-13-24)15-19(25)16-27-21-6-2-17(14-22)3-7-21/h2-9,19,25H,10-13,15-16H2,1H3. The van der Waals surface area contributed by atoms with Gasteiger partial charge in [0.2, 0.25) is 0 Å². The van der Waals surface area contributed by atoms with Crippen LogP contribution in [0.2, 0.25) is 0 Å². The highest BCUT2D eigenvalue weighted by atomic mass is 16.5. The predicted octanol–water partition coefficient (Wildman–Crippen LogP) is 2.13. The first-order chi connectivity index (χ1) is 13.2. The number of piperazine rings is 1. The van der Waals surface area contributed by atoms with Crippen molar-refractivity contribution >= 4 is 5.69 Å². The average Bonchev–Trinajstić information content (AvgIpc) is 2.73. The largest absolute Gasteiger partial charge is 0.497 e. The number of nitriles is 1. The van der Waals surface area contributed by atoms with Crippen LogP contribution in [-0.4, -0.2) is 62.6 Å². The predicted molar refractivity (Wildman–Crippen MR) is 104 cm³/mol. The Labute approximate surface area is 160 Å². The SMILES string of the molecule is COc1ccc(N2CCN(CC(O)COc3ccc(C#N)cc3)CC2)cc1. The number of ether oxygens (including phenoxy) is 2. The van der Waals surface area contributed by atoms with Crippen molar-refractivity contribution in [3.8, 4) is 17.6 Å². The van der Waals surface area contributed by atoms with Gasteiger partial charge in [-0.3, -0.25) is 4.90 Å². The molecule has 3 rings (SSSR count).